The van der Waals surface area contributed by atoms with Gasteiger partial charge in [0.15, 0.2) is 28.8 Å². The lowest BCUT2D eigenvalue weighted by molar-refractivity contribution is -0.113. The van der Waals surface area contributed by atoms with Crippen molar-refractivity contribution >= 4 is 28.0 Å². The van der Waals surface area contributed by atoms with Crippen LogP contribution in [0.1, 0.15) is 27.8 Å². The predicted molar refractivity (Wildman–Crippen MR) is 192 cm³/mol. The van der Waals surface area contributed by atoms with E-state index in [1.807, 2.05) is 6.92 Å². The number of carbonyl (C=O) groups excluding carboxylic acids is 1. The van der Waals surface area contributed by atoms with Crippen LogP contribution in [-0.4, -0.2) is 118 Å². The first-order valence-electron chi connectivity index (χ1n) is 17.0. The maximum absolute atomic E-state index is 14.3. The number of rotatable bonds is 10. The number of phenols is 2. The molecule has 3 aliphatic heterocycles. The van der Waals surface area contributed by atoms with E-state index in [1.165, 1.54) is 18.5 Å². The molecule has 3 fully saturated rings. The van der Waals surface area contributed by atoms with Gasteiger partial charge in [0, 0.05) is 74.6 Å². The summed E-state index contributed by atoms with van der Waals surface area (Å²) >= 11 is 0. The molecule has 3 aliphatic rings. The van der Waals surface area contributed by atoms with Crippen molar-refractivity contribution in [1.82, 2.24) is 14.1 Å². The van der Waals surface area contributed by atoms with Gasteiger partial charge < -0.3 is 29.2 Å². The highest BCUT2D eigenvalue weighted by Gasteiger charge is 2.34. The predicted octanol–water partition coefficient (Wildman–Crippen LogP) is 3.83. The molecule has 2 N–H and O–H groups in total. The second-order valence-electron chi connectivity index (χ2n) is 13.0. The van der Waals surface area contributed by atoms with Gasteiger partial charge in [-0.25, -0.2) is 8.42 Å². The van der Waals surface area contributed by atoms with E-state index in [1.54, 1.807) is 60.7 Å². The normalized spacial score (nSPS) is 19.9. The summed E-state index contributed by atoms with van der Waals surface area (Å²) < 4.78 is 51.4. The van der Waals surface area contributed by atoms with Gasteiger partial charge in [-0.15, -0.1) is 0 Å². The summed E-state index contributed by atoms with van der Waals surface area (Å²) in [5.74, 6) is 0.215. The zero-order valence-electron chi connectivity index (χ0n) is 29.3. The van der Waals surface area contributed by atoms with Crippen LogP contribution >= 0.6 is 0 Å². The van der Waals surface area contributed by atoms with E-state index in [0.29, 0.717) is 87.9 Å². The van der Waals surface area contributed by atoms with E-state index < -0.39 is 10.0 Å². The monoisotopic (exact) mass is 719 g/mol. The van der Waals surface area contributed by atoms with Gasteiger partial charge in [0.1, 0.15) is 0 Å². The highest BCUT2D eigenvalue weighted by molar-refractivity contribution is 7.89. The van der Waals surface area contributed by atoms with Crippen LogP contribution in [-0.2, 0) is 37.4 Å². The van der Waals surface area contributed by atoms with Crippen molar-refractivity contribution in [2.45, 2.75) is 24.9 Å². The summed E-state index contributed by atoms with van der Waals surface area (Å²) in [5, 5.41) is 22.0. The maximum atomic E-state index is 14.3. The van der Waals surface area contributed by atoms with Crippen molar-refractivity contribution in [2.75, 3.05) is 79.9 Å². The maximum Gasteiger partial charge on any atom is 0.243 e. The molecule has 0 aromatic heterocycles. The first-order chi connectivity index (χ1) is 24.5. The number of Topliss-reactive ketones (excluding diaryl/α,β-unsaturated/α-hetero) is 1. The Labute approximate surface area is 299 Å². The first kappa shape index (κ1) is 36.5. The molecule has 272 valence electrons. The number of piperidine rings is 1. The van der Waals surface area contributed by atoms with E-state index in [-0.39, 0.29) is 57.9 Å². The van der Waals surface area contributed by atoms with Gasteiger partial charge in [-0.3, -0.25) is 14.6 Å². The van der Waals surface area contributed by atoms with Crippen molar-refractivity contribution in [3.63, 3.8) is 0 Å². The minimum absolute atomic E-state index is 0.0134. The van der Waals surface area contributed by atoms with Gasteiger partial charge in [0.25, 0.3) is 0 Å². The molecule has 0 bridgehead atoms. The quantitative estimate of drug-likeness (QED) is 0.296. The lowest BCUT2D eigenvalue weighted by atomic mass is 9.94. The number of ketones is 1. The van der Waals surface area contributed by atoms with Crippen molar-refractivity contribution in [1.29, 1.82) is 0 Å². The zero-order valence-corrected chi connectivity index (χ0v) is 30.1. The second kappa shape index (κ2) is 16.0. The largest absolute Gasteiger partial charge is 0.504 e. The van der Waals surface area contributed by atoms with Crippen LogP contribution in [0.4, 0.5) is 0 Å². The molecule has 0 saturated carbocycles. The molecule has 13 heteroatoms. The minimum Gasteiger partial charge on any atom is -0.504 e. The highest BCUT2D eigenvalue weighted by Crippen LogP contribution is 2.36. The number of sulfonamides is 1. The van der Waals surface area contributed by atoms with Gasteiger partial charge in [0.05, 0.1) is 45.5 Å². The SMILES string of the molecule is COc1cc(/C=C2\CN(S(=O)(=O)c3ccc(C)cc3)C/C(=C\c3cc(CN4CCOCC4)c(O)c(OC)c3)C2=O)cc(CN2CCOCC2)c1O. The summed E-state index contributed by atoms with van der Waals surface area (Å²) in [5.41, 5.74) is 3.85. The third-order valence-corrected chi connectivity index (χ3v) is 11.2. The summed E-state index contributed by atoms with van der Waals surface area (Å²) in [7, 11) is -1.08. The molecule has 0 spiro atoms. The zero-order chi connectivity index (χ0) is 36.1. The molecule has 0 aliphatic carbocycles. The molecular weight excluding hydrogens is 674 g/mol. The number of nitrogens with zero attached hydrogens (tertiary/aromatic N) is 3. The number of morpholine rings is 2. The van der Waals surface area contributed by atoms with E-state index in [2.05, 4.69) is 9.80 Å². The molecule has 0 atom stereocenters. The molecule has 3 aromatic rings. The Bertz CT molecular complexity index is 1810. The van der Waals surface area contributed by atoms with Crippen LogP contribution < -0.4 is 9.47 Å². The molecule has 3 heterocycles. The molecule has 12 nitrogen and oxygen atoms in total. The molecule has 0 radical (unpaired) electrons. The van der Waals surface area contributed by atoms with Crippen LogP contribution in [0.5, 0.6) is 23.0 Å². The average Bonchev–Trinajstić information content (AvgIpc) is 3.13. The Morgan fingerprint density at radius 2 is 1.16 bits per heavy atom. The number of aromatic hydroxyl groups is 2. The number of aryl methyl sites for hydroxylation is 1. The summed E-state index contributed by atoms with van der Waals surface area (Å²) in [6, 6.07) is 13.5. The van der Waals surface area contributed by atoms with Crippen LogP contribution in [0.3, 0.4) is 0 Å². The standard InChI is InChI=1S/C38H45N3O9S/c1-26-4-6-33(7-5-26)51(45,46)41-24-31(18-27-16-29(37(43)34(20-27)47-2)22-39-8-12-49-13-9-39)36(42)32(25-41)19-28-17-30(38(44)35(21-28)48-3)23-40-10-14-50-15-11-40/h4-7,16-21,43-44H,8-15,22-25H2,1-3H3/b31-18+,32-19+. The molecular formula is C38H45N3O9S. The minimum atomic E-state index is -4.01. The van der Waals surface area contributed by atoms with Crippen LogP contribution in [0.2, 0.25) is 0 Å². The highest BCUT2D eigenvalue weighted by atomic mass is 32.2. The summed E-state index contributed by atoms with van der Waals surface area (Å²) in [6.45, 7) is 7.69. The van der Waals surface area contributed by atoms with Crippen molar-refractivity contribution in [3.05, 3.63) is 87.5 Å². The smallest absolute Gasteiger partial charge is 0.243 e. The molecule has 0 unspecified atom stereocenters. The van der Waals surface area contributed by atoms with Crippen molar-refractivity contribution in [3.8, 4) is 23.0 Å². The number of phenolic OH excluding ortho intramolecular Hbond substituents is 2. The Morgan fingerprint density at radius 3 is 1.57 bits per heavy atom. The molecule has 51 heavy (non-hydrogen) atoms. The van der Waals surface area contributed by atoms with Crippen molar-refractivity contribution in [2.24, 2.45) is 0 Å². The fourth-order valence-electron chi connectivity index (χ4n) is 6.54. The van der Waals surface area contributed by atoms with Gasteiger partial charge in [-0.2, -0.15) is 4.31 Å². The summed E-state index contributed by atoms with van der Waals surface area (Å²) in [4.78, 5) is 18.7. The number of methoxy groups -OCH3 is 2. The van der Waals surface area contributed by atoms with E-state index in [0.717, 1.165) is 5.56 Å². The summed E-state index contributed by atoms with van der Waals surface area (Å²) in [6.07, 6.45) is 3.33. The van der Waals surface area contributed by atoms with Gasteiger partial charge in [-0.05, 0) is 66.6 Å². The number of hydrogen-bond acceptors (Lipinski definition) is 11. The number of carbonyl (C=O) groups is 1. The number of ether oxygens (including phenoxy) is 4. The molecule has 6 rings (SSSR count). The molecule has 3 aromatic carbocycles. The first-order valence-corrected chi connectivity index (χ1v) is 18.4. The van der Waals surface area contributed by atoms with Crippen LogP contribution in [0.15, 0.2) is 64.6 Å². The lowest BCUT2D eigenvalue weighted by Gasteiger charge is -2.29. The third kappa shape index (κ3) is 8.46. The Morgan fingerprint density at radius 1 is 0.725 bits per heavy atom. The number of hydrogen-bond donors (Lipinski definition) is 2. The van der Waals surface area contributed by atoms with Gasteiger partial charge in [-0.1, -0.05) is 17.7 Å². The fourth-order valence-corrected chi connectivity index (χ4v) is 7.93. The fraction of sp³-hybridized carbons (Fsp3) is 0.395. The van der Waals surface area contributed by atoms with E-state index in [4.69, 9.17) is 18.9 Å². The second-order valence-corrected chi connectivity index (χ2v) is 14.9. The Kier molecular flexibility index (Phi) is 11.4. The van der Waals surface area contributed by atoms with E-state index >= 15 is 0 Å². The van der Waals surface area contributed by atoms with E-state index in [9.17, 15) is 23.4 Å². The third-order valence-electron chi connectivity index (χ3n) is 9.40. The molecule has 3 saturated heterocycles. The Hall–Kier alpha value is -4.24. The van der Waals surface area contributed by atoms with Gasteiger partial charge >= 0.3 is 0 Å². The lowest BCUT2D eigenvalue weighted by Crippen LogP contribution is -2.41. The number of benzene rings is 3. The average molecular weight is 720 g/mol. The van der Waals surface area contributed by atoms with Crippen LogP contribution in [0, 0.1) is 6.92 Å². The van der Waals surface area contributed by atoms with Gasteiger partial charge in [0.2, 0.25) is 10.0 Å². The van der Waals surface area contributed by atoms with Crippen LogP contribution in [0.25, 0.3) is 12.2 Å². The molecule has 0 amide bonds. The Balaban J connectivity index is 1.41. The van der Waals surface area contributed by atoms with Crippen molar-refractivity contribution < 1.29 is 42.4 Å². The topological polar surface area (TPSA) is 138 Å².